The Hall–Kier alpha value is -1.80. The fourth-order valence-corrected chi connectivity index (χ4v) is 4.99. The van der Waals surface area contributed by atoms with Crippen LogP contribution in [0.5, 0.6) is 0 Å². The minimum Gasteiger partial charge on any atom is -0.462 e. The van der Waals surface area contributed by atoms with Crippen LogP contribution >= 0.6 is 11.8 Å². The fraction of sp³-hybridized carbons (Fsp3) is 0.650. The van der Waals surface area contributed by atoms with Crippen molar-refractivity contribution >= 4 is 29.4 Å². The number of ketones is 1. The Morgan fingerprint density at radius 1 is 1.18 bits per heavy atom. The highest BCUT2D eigenvalue weighted by molar-refractivity contribution is 7.99. The number of carbonyl (C=O) groups is 3. The predicted molar refractivity (Wildman–Crippen MR) is 109 cm³/mol. The third-order valence-electron chi connectivity index (χ3n) is 5.51. The molecular formula is C20H29N3O4S. The monoisotopic (exact) mass is 407 g/mol. The minimum atomic E-state index is -0.412. The molecular weight excluding hydrogens is 378 g/mol. The molecule has 154 valence electrons. The Labute approximate surface area is 170 Å². The maximum absolute atomic E-state index is 13.0. The van der Waals surface area contributed by atoms with Crippen LogP contribution in [0, 0.1) is 13.8 Å². The molecule has 1 unspecified atom stereocenters. The van der Waals surface area contributed by atoms with Crippen molar-refractivity contribution in [3.8, 4) is 0 Å². The lowest BCUT2D eigenvalue weighted by Gasteiger charge is -2.32. The molecule has 0 bridgehead atoms. The topological polar surface area (TPSA) is 82.7 Å². The lowest BCUT2D eigenvalue weighted by molar-refractivity contribution is -0.135. The zero-order valence-electron chi connectivity index (χ0n) is 16.9. The van der Waals surface area contributed by atoms with Gasteiger partial charge in [-0.1, -0.05) is 0 Å². The molecule has 0 saturated carbocycles. The number of aromatic nitrogens is 1. The lowest BCUT2D eigenvalue weighted by Crippen LogP contribution is -2.49. The van der Waals surface area contributed by atoms with Crippen LogP contribution in [0.3, 0.4) is 0 Å². The van der Waals surface area contributed by atoms with E-state index in [1.165, 1.54) is 0 Å². The number of likely N-dealkylation sites (tertiary alicyclic amines) is 1. The van der Waals surface area contributed by atoms with E-state index in [1.54, 1.807) is 20.8 Å². The van der Waals surface area contributed by atoms with Crippen LogP contribution in [0.15, 0.2) is 0 Å². The van der Waals surface area contributed by atoms with Gasteiger partial charge in [0.1, 0.15) is 0 Å². The fourth-order valence-electron chi connectivity index (χ4n) is 4.09. The van der Waals surface area contributed by atoms with Crippen molar-refractivity contribution in [3.05, 3.63) is 22.5 Å². The number of esters is 1. The highest BCUT2D eigenvalue weighted by atomic mass is 32.2. The number of amides is 1. The van der Waals surface area contributed by atoms with Gasteiger partial charge in [-0.15, -0.1) is 0 Å². The summed E-state index contributed by atoms with van der Waals surface area (Å²) < 4.78 is 5.10. The Morgan fingerprint density at radius 3 is 2.57 bits per heavy atom. The molecule has 1 aromatic rings. The smallest absolute Gasteiger partial charge is 0.340 e. The van der Waals surface area contributed by atoms with Gasteiger partial charge in [-0.3, -0.25) is 14.5 Å². The molecule has 0 aromatic carbocycles. The van der Waals surface area contributed by atoms with Crippen molar-refractivity contribution in [1.82, 2.24) is 14.8 Å². The number of nitrogens with zero attached hydrogens (tertiary/aromatic N) is 2. The molecule has 3 heterocycles. The largest absolute Gasteiger partial charge is 0.462 e. The van der Waals surface area contributed by atoms with Crippen LogP contribution in [0.1, 0.15) is 51.9 Å². The van der Waals surface area contributed by atoms with Gasteiger partial charge < -0.3 is 14.6 Å². The Morgan fingerprint density at radius 2 is 1.89 bits per heavy atom. The minimum absolute atomic E-state index is 0.0925. The van der Waals surface area contributed by atoms with Crippen LogP contribution in [-0.4, -0.2) is 82.8 Å². The van der Waals surface area contributed by atoms with E-state index in [0.717, 1.165) is 44.0 Å². The summed E-state index contributed by atoms with van der Waals surface area (Å²) >= 11 is 1.87. The standard InChI is InChI=1S/C20H29N3O4S/c1-4-27-20(26)17-13(2)18(21-14(17)3)16(24)12-23-7-5-6-15(23)19(25)22-8-10-28-11-9-22/h15,21H,4-12H2,1-3H3. The first-order valence-corrected chi connectivity index (χ1v) is 11.1. The van der Waals surface area contributed by atoms with Crippen LogP contribution in [0.2, 0.25) is 0 Å². The number of thioether (sulfide) groups is 1. The SMILES string of the molecule is CCOC(=O)c1c(C)[nH]c(C(=O)CN2CCCC2C(=O)N2CCSCC2)c1C. The van der Waals surface area contributed by atoms with Gasteiger partial charge in [-0.05, 0) is 45.7 Å². The molecule has 2 fully saturated rings. The number of hydrogen-bond acceptors (Lipinski definition) is 6. The predicted octanol–water partition coefficient (Wildman–Crippen LogP) is 2.03. The maximum atomic E-state index is 13.0. The first-order valence-electron chi connectivity index (χ1n) is 9.94. The van der Waals surface area contributed by atoms with E-state index < -0.39 is 5.97 Å². The van der Waals surface area contributed by atoms with Crippen molar-refractivity contribution < 1.29 is 19.1 Å². The maximum Gasteiger partial charge on any atom is 0.340 e. The van der Waals surface area contributed by atoms with Gasteiger partial charge in [0.2, 0.25) is 5.91 Å². The number of aryl methyl sites for hydroxylation is 1. The van der Waals surface area contributed by atoms with Crippen LogP contribution in [-0.2, 0) is 9.53 Å². The molecule has 7 nitrogen and oxygen atoms in total. The van der Waals surface area contributed by atoms with Crippen molar-refractivity contribution in [2.45, 2.75) is 39.7 Å². The molecule has 1 N–H and O–H groups in total. The Balaban J connectivity index is 1.71. The number of rotatable bonds is 6. The average molecular weight is 408 g/mol. The summed E-state index contributed by atoms with van der Waals surface area (Å²) in [5.41, 5.74) is 2.13. The molecule has 0 radical (unpaired) electrons. The zero-order chi connectivity index (χ0) is 20.3. The van der Waals surface area contributed by atoms with Crippen molar-refractivity contribution in [2.24, 2.45) is 0 Å². The molecule has 8 heteroatoms. The van der Waals surface area contributed by atoms with Crippen LogP contribution < -0.4 is 0 Å². The van der Waals surface area contributed by atoms with E-state index in [-0.39, 0.29) is 24.3 Å². The summed E-state index contributed by atoms with van der Waals surface area (Å²) in [6, 6.07) is -0.215. The number of hydrogen-bond donors (Lipinski definition) is 1. The van der Waals surface area contributed by atoms with Gasteiger partial charge in [-0.25, -0.2) is 4.79 Å². The van der Waals surface area contributed by atoms with Gasteiger partial charge in [0, 0.05) is 30.3 Å². The van der Waals surface area contributed by atoms with E-state index >= 15 is 0 Å². The van der Waals surface area contributed by atoms with Gasteiger partial charge in [0.05, 0.1) is 30.5 Å². The summed E-state index contributed by atoms with van der Waals surface area (Å²) in [6.45, 7) is 8.09. The molecule has 0 aliphatic carbocycles. The zero-order valence-corrected chi connectivity index (χ0v) is 17.7. The normalized spacial score (nSPS) is 20.4. The summed E-state index contributed by atoms with van der Waals surface area (Å²) in [5, 5.41) is 0. The number of H-pyrrole nitrogens is 1. The van der Waals surface area contributed by atoms with Crippen molar-refractivity contribution in [3.63, 3.8) is 0 Å². The Kier molecular flexibility index (Phi) is 6.82. The molecule has 1 aromatic heterocycles. The van der Waals surface area contributed by atoms with Crippen LogP contribution in [0.4, 0.5) is 0 Å². The molecule has 0 spiro atoms. The van der Waals surface area contributed by atoms with E-state index in [4.69, 9.17) is 4.74 Å². The lowest BCUT2D eigenvalue weighted by atomic mass is 10.1. The number of Topliss-reactive ketones (excluding diaryl/α,β-unsaturated/α-hetero) is 1. The van der Waals surface area contributed by atoms with E-state index in [1.807, 2.05) is 21.6 Å². The van der Waals surface area contributed by atoms with Gasteiger partial charge in [0.15, 0.2) is 5.78 Å². The molecule has 1 amide bonds. The Bertz CT molecular complexity index is 755. The quantitative estimate of drug-likeness (QED) is 0.574. The van der Waals surface area contributed by atoms with E-state index in [0.29, 0.717) is 29.1 Å². The second-order valence-electron chi connectivity index (χ2n) is 7.33. The number of ether oxygens (including phenoxy) is 1. The summed E-state index contributed by atoms with van der Waals surface area (Å²) in [5.74, 6) is 1.61. The average Bonchev–Trinajstić information content (AvgIpc) is 3.26. The molecule has 2 saturated heterocycles. The van der Waals surface area contributed by atoms with Gasteiger partial charge in [-0.2, -0.15) is 11.8 Å². The van der Waals surface area contributed by atoms with E-state index in [2.05, 4.69) is 4.98 Å². The second kappa shape index (κ2) is 9.13. The molecule has 1 atom stereocenters. The summed E-state index contributed by atoms with van der Waals surface area (Å²) in [7, 11) is 0. The third kappa shape index (κ3) is 4.27. The summed E-state index contributed by atoms with van der Waals surface area (Å²) in [4.78, 5) is 45.0. The second-order valence-corrected chi connectivity index (χ2v) is 8.56. The molecule has 3 rings (SSSR count). The first kappa shape index (κ1) is 20.9. The van der Waals surface area contributed by atoms with Crippen LogP contribution in [0.25, 0.3) is 0 Å². The van der Waals surface area contributed by atoms with Gasteiger partial charge in [0.25, 0.3) is 0 Å². The van der Waals surface area contributed by atoms with E-state index in [9.17, 15) is 14.4 Å². The van der Waals surface area contributed by atoms with Crippen molar-refractivity contribution in [2.75, 3.05) is 44.3 Å². The molecule has 2 aliphatic rings. The highest BCUT2D eigenvalue weighted by Gasteiger charge is 2.35. The first-order chi connectivity index (χ1) is 13.4. The number of carbonyl (C=O) groups excluding carboxylic acids is 3. The summed E-state index contributed by atoms with van der Waals surface area (Å²) in [6.07, 6.45) is 1.72. The number of nitrogens with one attached hydrogen (secondary N) is 1. The highest BCUT2D eigenvalue weighted by Crippen LogP contribution is 2.24. The van der Waals surface area contributed by atoms with Gasteiger partial charge >= 0.3 is 5.97 Å². The molecule has 2 aliphatic heterocycles. The third-order valence-corrected chi connectivity index (χ3v) is 6.46. The van der Waals surface area contributed by atoms with Crippen molar-refractivity contribution in [1.29, 1.82) is 0 Å². The molecule has 28 heavy (non-hydrogen) atoms. The number of aromatic amines is 1.